The van der Waals surface area contributed by atoms with Crippen molar-refractivity contribution in [3.63, 3.8) is 0 Å². The number of aryl methyl sites for hydroxylation is 1. The van der Waals surface area contributed by atoms with Crippen LogP contribution in [0.15, 0.2) is 6.07 Å². The van der Waals surface area contributed by atoms with Crippen molar-refractivity contribution in [1.82, 2.24) is 10.2 Å². The standard InChI is InChI=1S/C8H10ClN3/c1-5-4-6-7(9)2-3-10-8(6)12-11-5/h4,7H,2-3H2,1H3,(H,10,12). The van der Waals surface area contributed by atoms with Crippen molar-refractivity contribution >= 4 is 17.4 Å². The lowest BCUT2D eigenvalue weighted by Gasteiger charge is -2.20. The van der Waals surface area contributed by atoms with Gasteiger partial charge in [-0.15, -0.1) is 16.7 Å². The Hall–Kier alpha value is -0.830. The molecule has 2 heterocycles. The smallest absolute Gasteiger partial charge is 0.153 e. The lowest BCUT2D eigenvalue weighted by atomic mass is 10.1. The molecule has 1 aliphatic heterocycles. The van der Waals surface area contributed by atoms with Gasteiger partial charge in [-0.25, -0.2) is 0 Å². The summed E-state index contributed by atoms with van der Waals surface area (Å²) in [6.07, 6.45) is 0.958. The zero-order chi connectivity index (χ0) is 8.55. The van der Waals surface area contributed by atoms with E-state index in [0.29, 0.717) is 0 Å². The number of hydrogen-bond acceptors (Lipinski definition) is 3. The summed E-state index contributed by atoms with van der Waals surface area (Å²) >= 11 is 6.11. The van der Waals surface area contributed by atoms with E-state index in [4.69, 9.17) is 11.6 Å². The molecule has 1 N–H and O–H groups in total. The highest BCUT2D eigenvalue weighted by atomic mass is 35.5. The summed E-state index contributed by atoms with van der Waals surface area (Å²) in [5, 5.41) is 11.2. The topological polar surface area (TPSA) is 37.8 Å². The molecule has 0 saturated carbocycles. The Morgan fingerprint density at radius 3 is 3.25 bits per heavy atom. The SMILES string of the molecule is Cc1cc2c(nn1)NCCC2Cl. The molecule has 0 aromatic carbocycles. The molecule has 0 radical (unpaired) electrons. The number of hydrogen-bond donors (Lipinski definition) is 1. The van der Waals surface area contributed by atoms with Gasteiger partial charge >= 0.3 is 0 Å². The van der Waals surface area contributed by atoms with Crippen LogP contribution in [-0.2, 0) is 0 Å². The van der Waals surface area contributed by atoms with Gasteiger partial charge in [0, 0.05) is 12.1 Å². The van der Waals surface area contributed by atoms with E-state index in [0.717, 1.165) is 30.0 Å². The molecule has 0 saturated heterocycles. The van der Waals surface area contributed by atoms with Gasteiger partial charge in [0.1, 0.15) is 0 Å². The van der Waals surface area contributed by atoms with E-state index in [1.807, 2.05) is 13.0 Å². The largest absolute Gasteiger partial charge is 0.368 e. The van der Waals surface area contributed by atoms with Gasteiger partial charge < -0.3 is 5.32 Å². The summed E-state index contributed by atoms with van der Waals surface area (Å²) in [5.74, 6) is 0.840. The van der Waals surface area contributed by atoms with Crippen LogP contribution >= 0.6 is 11.6 Å². The van der Waals surface area contributed by atoms with Gasteiger partial charge in [-0.1, -0.05) is 0 Å². The minimum absolute atomic E-state index is 0.0930. The molecular formula is C8H10ClN3. The molecular weight excluding hydrogens is 174 g/mol. The molecule has 64 valence electrons. The number of rotatable bonds is 0. The van der Waals surface area contributed by atoms with Gasteiger partial charge in [0.25, 0.3) is 0 Å². The van der Waals surface area contributed by atoms with E-state index in [1.54, 1.807) is 0 Å². The van der Waals surface area contributed by atoms with Crippen molar-refractivity contribution in [3.8, 4) is 0 Å². The Labute approximate surface area is 76.1 Å². The summed E-state index contributed by atoms with van der Waals surface area (Å²) < 4.78 is 0. The van der Waals surface area contributed by atoms with E-state index in [2.05, 4.69) is 15.5 Å². The van der Waals surface area contributed by atoms with Crippen LogP contribution in [0.2, 0.25) is 0 Å². The molecule has 2 rings (SSSR count). The zero-order valence-electron chi connectivity index (χ0n) is 6.84. The van der Waals surface area contributed by atoms with Crippen LogP contribution in [0.1, 0.15) is 23.1 Å². The van der Waals surface area contributed by atoms with Gasteiger partial charge in [0.2, 0.25) is 0 Å². The molecule has 0 amide bonds. The monoisotopic (exact) mass is 183 g/mol. The first-order chi connectivity index (χ1) is 5.77. The van der Waals surface area contributed by atoms with Crippen LogP contribution in [0, 0.1) is 6.92 Å². The third-order valence-electron chi connectivity index (χ3n) is 1.97. The average Bonchev–Trinajstić information content (AvgIpc) is 2.07. The van der Waals surface area contributed by atoms with Crippen molar-refractivity contribution in [2.24, 2.45) is 0 Å². The first-order valence-electron chi connectivity index (χ1n) is 3.99. The number of nitrogens with zero attached hydrogens (tertiary/aromatic N) is 2. The molecule has 3 nitrogen and oxygen atoms in total. The van der Waals surface area contributed by atoms with Crippen LogP contribution in [-0.4, -0.2) is 16.7 Å². The van der Waals surface area contributed by atoms with Crippen molar-refractivity contribution in [3.05, 3.63) is 17.3 Å². The molecule has 0 spiro atoms. The number of anilines is 1. The number of alkyl halides is 1. The number of halogens is 1. The van der Waals surface area contributed by atoms with Gasteiger partial charge in [0.05, 0.1) is 11.1 Å². The maximum atomic E-state index is 6.11. The molecule has 0 aliphatic carbocycles. The Balaban J connectivity index is 2.47. The van der Waals surface area contributed by atoms with Crippen molar-refractivity contribution in [2.45, 2.75) is 18.7 Å². The van der Waals surface area contributed by atoms with Gasteiger partial charge in [-0.3, -0.25) is 0 Å². The predicted octanol–water partition coefficient (Wildman–Crippen LogP) is 1.88. The van der Waals surface area contributed by atoms with Crippen LogP contribution in [0.25, 0.3) is 0 Å². The van der Waals surface area contributed by atoms with E-state index in [1.165, 1.54) is 0 Å². The third-order valence-corrected chi connectivity index (χ3v) is 2.43. The van der Waals surface area contributed by atoms with Gasteiger partial charge in [-0.2, -0.15) is 5.10 Å². The van der Waals surface area contributed by atoms with Gasteiger partial charge in [0.15, 0.2) is 5.82 Å². The lowest BCUT2D eigenvalue weighted by molar-refractivity contribution is 0.771. The molecule has 4 heteroatoms. The fraction of sp³-hybridized carbons (Fsp3) is 0.500. The highest BCUT2D eigenvalue weighted by Crippen LogP contribution is 2.32. The first-order valence-corrected chi connectivity index (χ1v) is 4.43. The second-order valence-corrected chi connectivity index (χ2v) is 3.50. The average molecular weight is 184 g/mol. The molecule has 1 unspecified atom stereocenters. The van der Waals surface area contributed by atoms with E-state index in [-0.39, 0.29) is 5.38 Å². The Morgan fingerprint density at radius 1 is 1.58 bits per heavy atom. The van der Waals surface area contributed by atoms with E-state index in [9.17, 15) is 0 Å². The normalized spacial score (nSPS) is 21.3. The second kappa shape index (κ2) is 2.90. The third kappa shape index (κ3) is 1.25. The summed E-state index contributed by atoms with van der Waals surface area (Å²) in [7, 11) is 0. The maximum Gasteiger partial charge on any atom is 0.153 e. The van der Waals surface area contributed by atoms with E-state index < -0.39 is 0 Å². The second-order valence-electron chi connectivity index (χ2n) is 2.97. The zero-order valence-corrected chi connectivity index (χ0v) is 7.60. The molecule has 1 aliphatic rings. The molecule has 1 aromatic heterocycles. The van der Waals surface area contributed by atoms with Crippen LogP contribution in [0.3, 0.4) is 0 Å². The van der Waals surface area contributed by atoms with Crippen LogP contribution in [0.4, 0.5) is 5.82 Å². The number of nitrogens with one attached hydrogen (secondary N) is 1. The lowest BCUT2D eigenvalue weighted by Crippen LogP contribution is -2.16. The number of fused-ring (bicyclic) bond motifs is 1. The summed E-state index contributed by atoms with van der Waals surface area (Å²) in [6.45, 7) is 2.81. The Morgan fingerprint density at radius 2 is 2.42 bits per heavy atom. The van der Waals surface area contributed by atoms with Crippen molar-refractivity contribution < 1.29 is 0 Å². The predicted molar refractivity (Wildman–Crippen MR) is 48.5 cm³/mol. The number of aromatic nitrogens is 2. The fourth-order valence-electron chi connectivity index (χ4n) is 1.36. The van der Waals surface area contributed by atoms with E-state index >= 15 is 0 Å². The van der Waals surface area contributed by atoms with Crippen molar-refractivity contribution in [2.75, 3.05) is 11.9 Å². The van der Waals surface area contributed by atoms with Crippen molar-refractivity contribution in [1.29, 1.82) is 0 Å². The van der Waals surface area contributed by atoms with Crippen LogP contribution < -0.4 is 5.32 Å². The molecule has 12 heavy (non-hydrogen) atoms. The molecule has 0 bridgehead atoms. The maximum absolute atomic E-state index is 6.11. The summed E-state index contributed by atoms with van der Waals surface area (Å²) in [4.78, 5) is 0. The minimum atomic E-state index is 0.0930. The molecule has 0 fully saturated rings. The quantitative estimate of drug-likeness (QED) is 0.625. The molecule has 1 aromatic rings. The highest BCUT2D eigenvalue weighted by Gasteiger charge is 2.18. The first kappa shape index (κ1) is 7.80. The fourth-order valence-corrected chi connectivity index (χ4v) is 1.63. The molecule has 1 atom stereocenters. The van der Waals surface area contributed by atoms with Gasteiger partial charge in [-0.05, 0) is 19.4 Å². The summed E-state index contributed by atoms with van der Waals surface area (Å²) in [6, 6.07) is 1.99. The Kier molecular flexibility index (Phi) is 1.89. The Bertz CT molecular complexity index is 300. The minimum Gasteiger partial charge on any atom is -0.368 e. The van der Waals surface area contributed by atoms with Crippen LogP contribution in [0.5, 0.6) is 0 Å². The highest BCUT2D eigenvalue weighted by molar-refractivity contribution is 6.21. The summed E-state index contributed by atoms with van der Waals surface area (Å²) in [5.41, 5.74) is 2.00.